The molecular weight excluding hydrogens is 432 g/mol. The van der Waals surface area contributed by atoms with Gasteiger partial charge in [0.1, 0.15) is 6.54 Å². The van der Waals surface area contributed by atoms with Gasteiger partial charge in [0.25, 0.3) is 10.0 Å². The predicted octanol–water partition coefficient (Wildman–Crippen LogP) is 5.41. The molecule has 3 aromatic rings. The maximum absolute atomic E-state index is 13.5. The molecule has 0 atom stereocenters. The number of halogens is 1. The van der Waals surface area contributed by atoms with Crippen molar-refractivity contribution in [2.75, 3.05) is 16.2 Å². The molecule has 1 N–H and O–H groups in total. The molecule has 3 rings (SSSR count). The lowest BCUT2D eigenvalue weighted by Crippen LogP contribution is -2.38. The zero-order chi connectivity index (χ0) is 22.8. The van der Waals surface area contributed by atoms with Crippen molar-refractivity contribution in [3.05, 3.63) is 87.9 Å². The first-order chi connectivity index (χ1) is 14.6. The molecule has 0 unspecified atom stereocenters. The van der Waals surface area contributed by atoms with Gasteiger partial charge in [0.15, 0.2) is 0 Å². The van der Waals surface area contributed by atoms with E-state index in [2.05, 4.69) is 5.32 Å². The lowest BCUT2D eigenvalue weighted by atomic mass is 10.1. The first kappa shape index (κ1) is 22.8. The number of sulfonamides is 1. The van der Waals surface area contributed by atoms with Crippen LogP contribution in [-0.2, 0) is 14.8 Å². The van der Waals surface area contributed by atoms with Crippen LogP contribution in [0.5, 0.6) is 0 Å². The first-order valence-electron chi connectivity index (χ1n) is 9.80. The fourth-order valence-corrected chi connectivity index (χ4v) is 4.78. The minimum atomic E-state index is -4.00. The molecule has 0 fully saturated rings. The van der Waals surface area contributed by atoms with Gasteiger partial charge in [-0.25, -0.2) is 8.42 Å². The quantitative estimate of drug-likeness (QED) is 0.539. The topological polar surface area (TPSA) is 66.5 Å². The molecule has 162 valence electrons. The smallest absolute Gasteiger partial charge is 0.264 e. The van der Waals surface area contributed by atoms with Crippen molar-refractivity contribution in [2.45, 2.75) is 32.6 Å². The standard InChI is InChI=1S/C24H25ClN2O3S/c1-16-5-11-22(12-6-16)31(29,30)27(23-14-20(25)9-7-18(23)3)15-24(28)26-21-10-8-17(2)19(4)13-21/h5-14H,15H2,1-4H3,(H,26,28). The number of hydrogen-bond acceptors (Lipinski definition) is 3. The summed E-state index contributed by atoms with van der Waals surface area (Å²) in [5.74, 6) is -0.446. The number of carbonyl (C=O) groups excluding carboxylic acids is 1. The van der Waals surface area contributed by atoms with Crippen LogP contribution in [-0.4, -0.2) is 20.9 Å². The van der Waals surface area contributed by atoms with Gasteiger partial charge in [-0.2, -0.15) is 0 Å². The average Bonchev–Trinajstić information content (AvgIpc) is 2.71. The highest BCUT2D eigenvalue weighted by Gasteiger charge is 2.28. The maximum atomic E-state index is 13.5. The molecule has 0 aliphatic carbocycles. The van der Waals surface area contributed by atoms with Crippen LogP contribution >= 0.6 is 11.6 Å². The molecule has 0 bridgehead atoms. The fraction of sp³-hybridized carbons (Fsp3) is 0.208. The second kappa shape index (κ2) is 9.12. The number of hydrogen-bond donors (Lipinski definition) is 1. The summed E-state index contributed by atoms with van der Waals surface area (Å²) >= 11 is 6.15. The zero-order valence-corrected chi connectivity index (χ0v) is 19.5. The van der Waals surface area contributed by atoms with E-state index in [9.17, 15) is 13.2 Å². The number of nitrogens with zero attached hydrogens (tertiary/aromatic N) is 1. The SMILES string of the molecule is Cc1ccc(S(=O)(=O)N(CC(=O)Nc2ccc(C)c(C)c2)c2cc(Cl)ccc2C)cc1. The molecule has 0 heterocycles. The molecule has 7 heteroatoms. The van der Waals surface area contributed by atoms with E-state index in [1.807, 2.05) is 32.9 Å². The van der Waals surface area contributed by atoms with Gasteiger partial charge in [-0.15, -0.1) is 0 Å². The van der Waals surface area contributed by atoms with E-state index < -0.39 is 15.9 Å². The number of anilines is 2. The molecule has 5 nitrogen and oxygen atoms in total. The van der Waals surface area contributed by atoms with Gasteiger partial charge in [0.05, 0.1) is 10.6 Å². The van der Waals surface area contributed by atoms with Crippen molar-refractivity contribution in [1.82, 2.24) is 0 Å². The zero-order valence-electron chi connectivity index (χ0n) is 17.9. The summed E-state index contributed by atoms with van der Waals surface area (Å²) in [6.45, 7) is 7.22. The molecule has 31 heavy (non-hydrogen) atoms. The Hall–Kier alpha value is -2.83. The Kier molecular flexibility index (Phi) is 6.72. The number of rotatable bonds is 6. The highest BCUT2D eigenvalue weighted by molar-refractivity contribution is 7.92. The molecule has 3 aromatic carbocycles. The second-order valence-corrected chi connectivity index (χ2v) is 9.90. The van der Waals surface area contributed by atoms with Crippen LogP contribution in [0.1, 0.15) is 22.3 Å². The van der Waals surface area contributed by atoms with Gasteiger partial charge in [-0.05, 0) is 80.8 Å². The minimum Gasteiger partial charge on any atom is -0.325 e. The number of nitrogens with one attached hydrogen (secondary N) is 1. The van der Waals surface area contributed by atoms with Gasteiger partial charge < -0.3 is 5.32 Å². The predicted molar refractivity (Wildman–Crippen MR) is 126 cm³/mol. The number of aryl methyl sites for hydroxylation is 4. The normalized spacial score (nSPS) is 11.3. The van der Waals surface area contributed by atoms with E-state index in [1.165, 1.54) is 0 Å². The van der Waals surface area contributed by atoms with E-state index in [1.54, 1.807) is 55.5 Å². The van der Waals surface area contributed by atoms with Crippen molar-refractivity contribution < 1.29 is 13.2 Å². The second-order valence-electron chi connectivity index (χ2n) is 7.60. The molecule has 0 aliphatic heterocycles. The molecule has 0 spiro atoms. The minimum absolute atomic E-state index is 0.108. The van der Waals surface area contributed by atoms with Crippen LogP contribution < -0.4 is 9.62 Å². The summed E-state index contributed by atoms with van der Waals surface area (Å²) in [5, 5.41) is 3.19. The van der Waals surface area contributed by atoms with Crippen molar-refractivity contribution in [2.24, 2.45) is 0 Å². The Labute approximate surface area is 188 Å². The monoisotopic (exact) mass is 456 g/mol. The van der Waals surface area contributed by atoms with Gasteiger partial charge in [0.2, 0.25) is 5.91 Å². The third kappa shape index (κ3) is 5.27. The van der Waals surface area contributed by atoms with Crippen molar-refractivity contribution >= 4 is 38.9 Å². The number of amides is 1. The van der Waals surface area contributed by atoms with Crippen LogP contribution in [0.2, 0.25) is 5.02 Å². The Morgan fingerprint density at radius 3 is 2.16 bits per heavy atom. The van der Waals surface area contributed by atoms with Crippen LogP contribution in [0.25, 0.3) is 0 Å². The third-order valence-corrected chi connectivity index (χ3v) is 7.14. The highest BCUT2D eigenvalue weighted by atomic mass is 35.5. The van der Waals surface area contributed by atoms with Crippen molar-refractivity contribution in [3.8, 4) is 0 Å². The van der Waals surface area contributed by atoms with Gasteiger partial charge in [0, 0.05) is 10.7 Å². The summed E-state index contributed by atoms with van der Waals surface area (Å²) in [6.07, 6.45) is 0. The van der Waals surface area contributed by atoms with Gasteiger partial charge >= 0.3 is 0 Å². The Morgan fingerprint density at radius 2 is 1.52 bits per heavy atom. The summed E-state index contributed by atoms with van der Waals surface area (Å²) in [5.41, 5.74) is 4.76. The average molecular weight is 457 g/mol. The largest absolute Gasteiger partial charge is 0.325 e. The Balaban J connectivity index is 1.99. The lowest BCUT2D eigenvalue weighted by molar-refractivity contribution is -0.114. The van der Waals surface area contributed by atoms with Crippen LogP contribution in [0, 0.1) is 27.7 Å². The van der Waals surface area contributed by atoms with E-state index in [0.717, 1.165) is 21.0 Å². The summed E-state index contributed by atoms with van der Waals surface area (Å²) in [6, 6.07) is 17.1. The Morgan fingerprint density at radius 1 is 0.871 bits per heavy atom. The van der Waals surface area contributed by atoms with Gasteiger partial charge in [-0.1, -0.05) is 41.4 Å². The number of benzene rings is 3. The third-order valence-electron chi connectivity index (χ3n) is 5.13. The maximum Gasteiger partial charge on any atom is 0.264 e. The van der Waals surface area contributed by atoms with E-state index in [4.69, 9.17) is 11.6 Å². The van der Waals surface area contributed by atoms with Crippen LogP contribution in [0.3, 0.4) is 0 Å². The highest BCUT2D eigenvalue weighted by Crippen LogP contribution is 2.29. The van der Waals surface area contributed by atoms with E-state index in [-0.39, 0.29) is 11.4 Å². The van der Waals surface area contributed by atoms with Crippen LogP contribution in [0.4, 0.5) is 11.4 Å². The number of carbonyl (C=O) groups is 1. The molecule has 1 amide bonds. The molecule has 0 aliphatic rings. The van der Waals surface area contributed by atoms with E-state index in [0.29, 0.717) is 22.0 Å². The molecule has 0 saturated carbocycles. The van der Waals surface area contributed by atoms with Crippen molar-refractivity contribution in [3.63, 3.8) is 0 Å². The summed E-state index contributed by atoms with van der Waals surface area (Å²) in [4.78, 5) is 13.0. The fourth-order valence-electron chi connectivity index (χ4n) is 3.14. The molecule has 0 aromatic heterocycles. The van der Waals surface area contributed by atoms with Crippen molar-refractivity contribution in [1.29, 1.82) is 0 Å². The Bertz CT molecular complexity index is 1220. The van der Waals surface area contributed by atoms with Gasteiger partial charge in [-0.3, -0.25) is 9.10 Å². The van der Waals surface area contributed by atoms with Crippen LogP contribution in [0.15, 0.2) is 65.6 Å². The molecule has 0 radical (unpaired) electrons. The van der Waals surface area contributed by atoms with E-state index >= 15 is 0 Å². The first-order valence-corrected chi connectivity index (χ1v) is 11.6. The lowest BCUT2D eigenvalue weighted by Gasteiger charge is -2.26. The summed E-state index contributed by atoms with van der Waals surface area (Å²) in [7, 11) is -4.00. The summed E-state index contributed by atoms with van der Waals surface area (Å²) < 4.78 is 28.1. The molecule has 0 saturated heterocycles. The molecular formula is C24H25ClN2O3S.